The van der Waals surface area contributed by atoms with Crippen LogP contribution in [-0.2, 0) is 97.4 Å². The summed E-state index contributed by atoms with van der Waals surface area (Å²) in [5, 5.41) is 19.4. The maximum absolute atomic E-state index is 12.6. The van der Waals surface area contributed by atoms with Crippen LogP contribution >= 0.6 is 117 Å². The molecule has 0 radical (unpaired) electrons. The summed E-state index contributed by atoms with van der Waals surface area (Å²) in [7, 11) is 3.43. The molecule has 0 fully saturated rings. The topological polar surface area (TPSA) is 328 Å². The predicted octanol–water partition coefficient (Wildman–Crippen LogP) is 21.3. The zero-order chi connectivity index (χ0) is 101. The maximum atomic E-state index is 12.6. The fourth-order valence-corrected chi connectivity index (χ4v) is 21.1. The number of nitrogens with zero attached hydrogens (tertiary/aromatic N) is 6. The molecule has 9 amide bonds. The van der Waals surface area contributed by atoms with Gasteiger partial charge in [-0.05, 0) is 284 Å². The van der Waals surface area contributed by atoms with E-state index in [1.807, 2.05) is 132 Å². The van der Waals surface area contributed by atoms with E-state index < -0.39 is 40.6 Å². The van der Waals surface area contributed by atoms with Crippen LogP contribution in [0.1, 0.15) is 173 Å². The smallest absolute Gasteiger partial charge is 0.475 e. The van der Waals surface area contributed by atoms with Crippen LogP contribution in [0.25, 0.3) is 0 Å². The van der Waals surface area contributed by atoms with Crippen LogP contribution in [0, 0.1) is 0 Å². The summed E-state index contributed by atoms with van der Waals surface area (Å²) in [4.78, 5) is 133. The number of benzene rings is 6. The monoisotopic (exact) mass is 2100 g/mol. The van der Waals surface area contributed by atoms with Gasteiger partial charge in [0.25, 0.3) is 17.1 Å². The molecule has 0 unspecified atom stereocenters. The van der Waals surface area contributed by atoms with Crippen molar-refractivity contribution < 1.29 is 94.6 Å². The fraction of sp³-hybridized carbons (Fsp3) is 0.526. The van der Waals surface area contributed by atoms with Gasteiger partial charge in [0.15, 0.2) is 0 Å². The standard InChI is InChI=1S/C25H27ClN2O4S.C20H29ClN2O4S.C18H25ClN2O3S.C17H25ClN2O2S.C15H21ClN2O2S.C2HF3O2/c1-25(2,3)32-24(31)27-12-10-16-8-9-20(26)21(17(16)11-13-27)33-15-14-28-22(29)18-6-4-5-7-19(18)23(28)30;1-5-26-18(24)22-10-13-28-17-15-9-12-23(19(25)27-20(2,3)4)11-8-14(15)6-7-16(17)21;1-18(2,3)24-16(22)21-10-8-12-6-7-14(19)15(13(12)9-11-21)25-17(23)20(4)5;1-17(2,3)22-16(21)20-9-6-12-4-5-14(18)15(23-11-8-19)13(12)7-10-20;1-2-20-15(19)18-9-10-21-14-12-6-8-17-7-5-11(12)3-4-13(14)16;3-2(4,5)1(6)7/h4-9H,10-15H2,1-3H3;6-7H,5,8-13H2,1-4H3,(H,22,24);6-7H,8-11H2,1-5H3;4-5H,6-11,19H2,1-3H3;3-4,17H,2,5-10H2,1H3,(H,18,19);(H,6,7). The molecule has 0 spiro atoms. The van der Waals surface area contributed by atoms with Crippen molar-refractivity contribution in [3.05, 3.63) is 177 Å². The molecule has 6 heterocycles. The maximum Gasteiger partial charge on any atom is 0.490 e. The molecule has 6 aliphatic heterocycles. The van der Waals surface area contributed by atoms with Gasteiger partial charge in [0, 0.05) is 140 Å². The SMILES string of the molecule is CC(C)(C)OC(=O)N1CCc2ccc(Cl)c(SCCN)c2CC1.CC(C)(C)OC(=O)N1CCc2ccc(Cl)c(SCCN3C(=O)c4ccccc4C3=O)c2CC1.CCOC(=O)NCCSc1c(Cl)ccc2c1CCN(C(=O)OC(C)(C)C)CC2.CCOC(=O)NCCSc1c(Cl)ccc2c1CCNCC2.CN(C)C(=O)Sc1c(Cl)ccc2c1CCN(C(=O)OC(C)(C)C)CC2.O=C(O)C(F)(F)F. The third-order valence-electron chi connectivity index (χ3n) is 20.8. The number of alkyl carbamates (subject to hydrolysis) is 2. The summed E-state index contributed by atoms with van der Waals surface area (Å²) in [6, 6.07) is 26.7. The number of nitrogens with two attached hydrogens (primary N) is 1. The summed E-state index contributed by atoms with van der Waals surface area (Å²) in [6.07, 6.45) is 0.931. The van der Waals surface area contributed by atoms with E-state index >= 15 is 0 Å². The lowest BCUT2D eigenvalue weighted by Crippen LogP contribution is -2.38. The molecule has 6 aliphatic rings. The lowest BCUT2D eigenvalue weighted by molar-refractivity contribution is -0.192. The average Bonchev–Trinajstić information content (AvgIpc) is 1.63. The first-order chi connectivity index (χ1) is 64.4. The van der Waals surface area contributed by atoms with Crippen molar-refractivity contribution in [2.75, 3.05) is 142 Å². The first-order valence-corrected chi connectivity index (χ1v) is 51.9. The summed E-state index contributed by atoms with van der Waals surface area (Å²) >= 11 is 39.8. The second kappa shape index (κ2) is 54.8. The Morgan fingerprint density at radius 2 is 0.701 bits per heavy atom. The van der Waals surface area contributed by atoms with Crippen molar-refractivity contribution in [3.8, 4) is 0 Å². The van der Waals surface area contributed by atoms with Crippen LogP contribution in [0.5, 0.6) is 0 Å². The van der Waals surface area contributed by atoms with Crippen LogP contribution in [-0.4, -0.2) is 265 Å². The zero-order valence-electron chi connectivity index (χ0n) is 80.6. The molecule has 0 aliphatic carbocycles. The van der Waals surface area contributed by atoms with E-state index in [4.69, 9.17) is 102 Å². The molecule has 27 nitrogen and oxygen atoms in total. The molecule has 754 valence electrons. The minimum atomic E-state index is -5.08. The largest absolute Gasteiger partial charge is 0.490 e. The molecule has 0 atom stereocenters. The Hall–Kier alpha value is -8.07. The van der Waals surface area contributed by atoms with Crippen molar-refractivity contribution in [2.24, 2.45) is 5.73 Å². The zero-order valence-corrected chi connectivity index (χ0v) is 88.5. The quantitative estimate of drug-likeness (QED) is 0.0231. The normalized spacial score (nSPS) is 14.6. The molecular formula is C97H128Cl5F3N10O17S5. The van der Waals surface area contributed by atoms with Gasteiger partial charge >= 0.3 is 48.7 Å². The van der Waals surface area contributed by atoms with Crippen molar-refractivity contribution in [1.29, 1.82) is 0 Å². The summed E-state index contributed by atoms with van der Waals surface area (Å²) < 4.78 is 63.4. The third kappa shape index (κ3) is 37.7. The third-order valence-corrected chi connectivity index (χ3v) is 28.8. The number of nitrogens with one attached hydrogen (secondary N) is 3. The summed E-state index contributed by atoms with van der Waals surface area (Å²) in [5.74, 6) is -0.409. The Bertz CT molecular complexity index is 5140. The highest BCUT2D eigenvalue weighted by Gasteiger charge is 2.39. The molecule has 6 aromatic carbocycles. The van der Waals surface area contributed by atoms with E-state index in [2.05, 4.69) is 28.1 Å². The lowest BCUT2D eigenvalue weighted by Gasteiger charge is -2.26. The van der Waals surface area contributed by atoms with Gasteiger partial charge in [-0.1, -0.05) is 100 Å². The Labute approximate surface area is 848 Å². The van der Waals surface area contributed by atoms with Crippen molar-refractivity contribution in [1.82, 2.24) is 45.3 Å². The first-order valence-electron chi connectivity index (χ1n) is 45.2. The number of amides is 9. The molecule has 0 saturated carbocycles. The van der Waals surface area contributed by atoms with Crippen molar-refractivity contribution in [2.45, 2.75) is 214 Å². The minimum Gasteiger partial charge on any atom is -0.475 e. The Kier molecular flexibility index (Phi) is 46.4. The van der Waals surface area contributed by atoms with Crippen molar-refractivity contribution >= 4 is 176 Å². The highest BCUT2D eigenvalue weighted by molar-refractivity contribution is 8.13. The number of alkyl halides is 3. The summed E-state index contributed by atoms with van der Waals surface area (Å²) in [5.41, 5.74) is 16.6. The van der Waals surface area contributed by atoms with Crippen molar-refractivity contribution in [3.63, 3.8) is 0 Å². The Morgan fingerprint density at radius 3 is 1.00 bits per heavy atom. The van der Waals surface area contributed by atoms with Gasteiger partial charge in [-0.2, -0.15) is 13.2 Å². The predicted molar refractivity (Wildman–Crippen MR) is 541 cm³/mol. The number of hydrogen-bond donors (Lipinski definition) is 5. The molecule has 12 rings (SSSR count). The molecule has 0 bridgehead atoms. The number of carbonyl (C=O) groups is 10. The van der Waals surface area contributed by atoms with Gasteiger partial charge in [-0.25, -0.2) is 33.6 Å². The number of ether oxygens (including phenoxy) is 6. The molecule has 6 aromatic rings. The Morgan fingerprint density at radius 1 is 0.423 bits per heavy atom. The van der Waals surface area contributed by atoms with Crippen LogP contribution < -0.4 is 21.7 Å². The number of aliphatic carboxylic acids is 1. The number of halogens is 8. The van der Waals surface area contributed by atoms with E-state index in [0.29, 0.717) is 142 Å². The van der Waals surface area contributed by atoms with E-state index in [0.717, 1.165) is 145 Å². The van der Waals surface area contributed by atoms with Gasteiger partial charge < -0.3 is 79.7 Å². The van der Waals surface area contributed by atoms with Gasteiger partial charge in [0.05, 0.1) is 49.5 Å². The van der Waals surface area contributed by atoms with Gasteiger partial charge in [0.1, 0.15) is 22.4 Å². The van der Waals surface area contributed by atoms with Gasteiger partial charge in [0.2, 0.25) is 0 Å². The molecule has 0 aromatic heterocycles. The van der Waals surface area contributed by atoms with E-state index in [-0.39, 0.29) is 47.5 Å². The highest BCUT2D eigenvalue weighted by Crippen LogP contribution is 2.42. The molecule has 40 heteroatoms. The molecule has 0 saturated heterocycles. The number of carbonyl (C=O) groups excluding carboxylic acids is 9. The lowest BCUT2D eigenvalue weighted by atomic mass is 10.0. The molecular weight excluding hydrogens is 1970 g/mol. The van der Waals surface area contributed by atoms with E-state index in [9.17, 15) is 56.3 Å². The van der Waals surface area contributed by atoms with Crippen LogP contribution in [0.4, 0.5) is 46.7 Å². The number of carboxylic acids is 1. The Balaban J connectivity index is 0.000000231. The number of rotatable bonds is 18. The number of fused-ring (bicyclic) bond motifs is 6. The second-order valence-corrected chi connectivity index (χ2v) is 43.5. The highest BCUT2D eigenvalue weighted by atomic mass is 35.5. The average molecular weight is 2100 g/mol. The van der Waals surface area contributed by atoms with E-state index in [1.54, 1.807) is 119 Å². The van der Waals surface area contributed by atoms with Crippen LogP contribution in [0.15, 0.2) is 109 Å². The minimum absolute atomic E-state index is 0.0662. The van der Waals surface area contributed by atoms with Gasteiger partial charge in [-0.15, -0.1) is 47.0 Å². The second-order valence-electron chi connectivity index (χ2n) is 36.0. The van der Waals surface area contributed by atoms with Gasteiger partial charge in [-0.3, -0.25) is 19.3 Å². The summed E-state index contributed by atoms with van der Waals surface area (Å²) in [6.45, 7) is 35.6. The molecule has 137 heavy (non-hydrogen) atoms. The first kappa shape index (κ1) is 116. The fourth-order valence-electron chi connectivity index (χ4n) is 14.5. The number of imide groups is 1. The van der Waals surface area contributed by atoms with Crippen LogP contribution in [0.2, 0.25) is 25.1 Å². The number of thioether (sulfide) groups is 5. The molecule has 6 N–H and O–H groups in total. The number of carboxylic acid groups (broad SMARTS) is 1. The van der Waals surface area contributed by atoms with Crippen LogP contribution in [0.3, 0.4) is 0 Å². The van der Waals surface area contributed by atoms with E-state index in [1.165, 1.54) is 43.2 Å². The number of hydrogen-bond acceptors (Lipinski definition) is 23.